The molecular weight excluding hydrogens is 474 g/mol. The molecule has 0 spiro atoms. The van der Waals surface area contributed by atoms with Gasteiger partial charge in [0.15, 0.2) is 0 Å². The van der Waals surface area contributed by atoms with Crippen molar-refractivity contribution in [1.82, 2.24) is 20.2 Å². The second-order valence-electron chi connectivity index (χ2n) is 12.7. The molecule has 4 bridgehead atoms. The van der Waals surface area contributed by atoms with Gasteiger partial charge < -0.3 is 30.5 Å². The van der Waals surface area contributed by atoms with E-state index in [1.807, 2.05) is 0 Å². The lowest BCUT2D eigenvalue weighted by Gasteiger charge is -2.58. The van der Waals surface area contributed by atoms with E-state index in [-0.39, 0.29) is 17.9 Å². The number of fused-ring (bicyclic) bond motifs is 1. The molecule has 4 fully saturated rings. The molecule has 204 valence electrons. The first-order valence-corrected chi connectivity index (χ1v) is 13.7. The summed E-state index contributed by atoms with van der Waals surface area (Å²) in [4.78, 5) is 35.6. The Balaban J connectivity index is 1.20. The quantitative estimate of drug-likeness (QED) is 0.434. The van der Waals surface area contributed by atoms with Gasteiger partial charge in [-0.25, -0.2) is 14.8 Å². The molecule has 0 saturated heterocycles. The topological polar surface area (TPSA) is 137 Å². The summed E-state index contributed by atoms with van der Waals surface area (Å²) in [6, 6.07) is -1.09. The Bertz CT molecular complexity index is 990. The van der Waals surface area contributed by atoms with Crippen molar-refractivity contribution < 1.29 is 24.5 Å². The maximum atomic E-state index is 13.0. The number of nitrogens with zero attached hydrogens (tertiary/aromatic N) is 3. The summed E-state index contributed by atoms with van der Waals surface area (Å²) >= 11 is 0. The molecule has 0 radical (unpaired) electrons. The van der Waals surface area contributed by atoms with Crippen LogP contribution in [0.2, 0.25) is 0 Å². The van der Waals surface area contributed by atoms with Crippen molar-refractivity contribution in [2.45, 2.75) is 90.0 Å². The molecule has 10 nitrogen and oxygen atoms in total. The minimum atomic E-state index is -1.09. The number of alkyl carbamates (subject to hydrolysis) is 1. The van der Waals surface area contributed by atoms with Crippen molar-refractivity contribution in [2.75, 3.05) is 25.0 Å². The van der Waals surface area contributed by atoms with Gasteiger partial charge in [0.2, 0.25) is 5.91 Å². The highest BCUT2D eigenvalue weighted by Gasteiger charge is 2.53. The van der Waals surface area contributed by atoms with E-state index in [0.29, 0.717) is 25.3 Å². The predicted octanol–water partition coefficient (Wildman–Crippen LogP) is 2.24. The second kappa shape index (κ2) is 10.0. The van der Waals surface area contributed by atoms with E-state index in [1.54, 1.807) is 25.7 Å². The van der Waals surface area contributed by atoms with Crippen LogP contribution in [0, 0.1) is 23.2 Å². The zero-order chi connectivity index (χ0) is 26.4. The van der Waals surface area contributed by atoms with Crippen LogP contribution in [0.25, 0.3) is 0 Å². The molecule has 37 heavy (non-hydrogen) atoms. The first-order valence-electron chi connectivity index (χ1n) is 13.7. The summed E-state index contributed by atoms with van der Waals surface area (Å²) in [6.07, 6.45) is 8.34. The van der Waals surface area contributed by atoms with Crippen molar-refractivity contribution in [3.63, 3.8) is 0 Å². The van der Waals surface area contributed by atoms with Gasteiger partial charge in [-0.1, -0.05) is 0 Å². The van der Waals surface area contributed by atoms with Crippen LogP contribution in [0.15, 0.2) is 6.33 Å². The highest BCUT2D eigenvalue weighted by molar-refractivity contribution is 5.86. The minimum Gasteiger partial charge on any atom is -0.444 e. The summed E-state index contributed by atoms with van der Waals surface area (Å²) in [5.41, 5.74) is 1.01. The molecule has 4 saturated carbocycles. The van der Waals surface area contributed by atoms with Crippen molar-refractivity contribution in [3.8, 4) is 0 Å². The van der Waals surface area contributed by atoms with Crippen LogP contribution < -0.4 is 10.6 Å². The highest BCUT2D eigenvalue weighted by Crippen LogP contribution is 2.61. The normalized spacial score (nSPS) is 29.9. The van der Waals surface area contributed by atoms with Gasteiger partial charge in [0.05, 0.1) is 24.9 Å². The van der Waals surface area contributed by atoms with Crippen LogP contribution in [-0.4, -0.2) is 74.5 Å². The number of aromatic nitrogens is 2. The molecule has 4 N–H and O–H groups in total. The van der Waals surface area contributed by atoms with Gasteiger partial charge in [0.25, 0.3) is 0 Å². The van der Waals surface area contributed by atoms with Crippen molar-refractivity contribution in [2.24, 2.45) is 23.2 Å². The molecule has 0 aromatic carbocycles. The zero-order valence-corrected chi connectivity index (χ0v) is 22.2. The van der Waals surface area contributed by atoms with E-state index in [9.17, 15) is 19.8 Å². The van der Waals surface area contributed by atoms with Crippen LogP contribution >= 0.6 is 0 Å². The van der Waals surface area contributed by atoms with Crippen molar-refractivity contribution in [1.29, 1.82) is 0 Å². The lowest BCUT2D eigenvalue weighted by Crippen LogP contribution is -2.53. The van der Waals surface area contributed by atoms with E-state index in [4.69, 9.17) is 4.74 Å². The number of rotatable bonds is 7. The number of amides is 2. The number of aliphatic hydroxyl groups excluding tert-OH is 2. The van der Waals surface area contributed by atoms with Gasteiger partial charge >= 0.3 is 6.09 Å². The van der Waals surface area contributed by atoms with Gasteiger partial charge in [-0.05, 0) is 88.9 Å². The number of anilines is 1. The second-order valence-corrected chi connectivity index (χ2v) is 12.7. The molecule has 1 aromatic heterocycles. The lowest BCUT2D eigenvalue weighted by atomic mass is 9.48. The number of carbonyl (C=O) groups excluding carboxylic acids is 2. The average molecular weight is 516 g/mol. The number of nitrogens with one attached hydrogen (secondary N) is 2. The van der Waals surface area contributed by atoms with E-state index in [2.05, 4.69) is 20.6 Å². The molecule has 2 heterocycles. The number of ether oxygens (including phenoxy) is 1. The first kappa shape index (κ1) is 26.2. The van der Waals surface area contributed by atoms with Gasteiger partial charge in [-0.2, -0.15) is 0 Å². The fourth-order valence-electron chi connectivity index (χ4n) is 7.55. The molecule has 2 amide bonds. The molecule has 1 aromatic rings. The smallest absolute Gasteiger partial charge is 0.408 e. The molecule has 1 aliphatic heterocycles. The standard InChI is InChI=1S/C27H41N5O5/c1-26(2,3)37-25(36)31-21(14-33)24(35)32-5-4-19-20(13-32)29-15-30-23(19)28-12-22(34)27-9-16-6-17(10-27)8-18(7-16)11-27/h15-18,21-22,33-34H,4-14H2,1-3H3,(H,31,36)(H,28,29,30)/t16?,17?,18?,21-,22?,27?/m0/s1. The summed E-state index contributed by atoms with van der Waals surface area (Å²) in [7, 11) is 0. The predicted molar refractivity (Wildman–Crippen MR) is 136 cm³/mol. The third-order valence-corrected chi connectivity index (χ3v) is 8.75. The summed E-state index contributed by atoms with van der Waals surface area (Å²) < 4.78 is 5.22. The molecule has 4 aliphatic carbocycles. The van der Waals surface area contributed by atoms with Gasteiger partial charge in [0.1, 0.15) is 23.8 Å². The van der Waals surface area contributed by atoms with Gasteiger partial charge in [-0.15, -0.1) is 0 Å². The van der Waals surface area contributed by atoms with Crippen LogP contribution in [-0.2, 0) is 22.5 Å². The highest BCUT2D eigenvalue weighted by atomic mass is 16.6. The molecular formula is C27H41N5O5. The maximum Gasteiger partial charge on any atom is 0.408 e. The molecule has 2 atom stereocenters. The Morgan fingerprint density at radius 2 is 1.81 bits per heavy atom. The van der Waals surface area contributed by atoms with E-state index < -0.39 is 30.4 Å². The third kappa shape index (κ3) is 5.55. The van der Waals surface area contributed by atoms with Gasteiger partial charge in [0, 0.05) is 18.7 Å². The lowest BCUT2D eigenvalue weighted by molar-refractivity contribution is -0.135. The maximum absolute atomic E-state index is 13.0. The fraction of sp³-hybridized carbons (Fsp3) is 0.778. The Labute approximate surface area is 218 Å². The largest absolute Gasteiger partial charge is 0.444 e. The average Bonchev–Trinajstić information content (AvgIpc) is 2.83. The number of carbonyl (C=O) groups is 2. The van der Waals surface area contributed by atoms with E-state index in [0.717, 1.165) is 48.3 Å². The monoisotopic (exact) mass is 515 g/mol. The third-order valence-electron chi connectivity index (χ3n) is 8.75. The van der Waals surface area contributed by atoms with Crippen LogP contribution in [0.4, 0.5) is 10.6 Å². The van der Waals surface area contributed by atoms with Crippen LogP contribution in [0.3, 0.4) is 0 Å². The van der Waals surface area contributed by atoms with Crippen LogP contribution in [0.1, 0.15) is 70.6 Å². The van der Waals surface area contributed by atoms with Crippen molar-refractivity contribution in [3.05, 3.63) is 17.6 Å². The Hall–Kier alpha value is -2.46. The Kier molecular flexibility index (Phi) is 7.08. The molecule has 10 heteroatoms. The number of hydrogen-bond acceptors (Lipinski definition) is 8. The molecule has 1 unspecified atom stereocenters. The van der Waals surface area contributed by atoms with Crippen molar-refractivity contribution >= 4 is 17.8 Å². The summed E-state index contributed by atoms with van der Waals surface area (Å²) in [5.74, 6) is 2.67. The summed E-state index contributed by atoms with van der Waals surface area (Å²) in [5, 5.41) is 26.9. The van der Waals surface area contributed by atoms with Crippen LogP contribution in [0.5, 0.6) is 0 Å². The number of hydrogen-bond donors (Lipinski definition) is 4. The zero-order valence-electron chi connectivity index (χ0n) is 22.2. The molecule has 6 rings (SSSR count). The Morgan fingerprint density at radius 1 is 1.16 bits per heavy atom. The van der Waals surface area contributed by atoms with E-state index >= 15 is 0 Å². The van der Waals surface area contributed by atoms with E-state index in [1.165, 1.54) is 25.6 Å². The SMILES string of the molecule is CC(C)(C)OC(=O)N[C@@H](CO)C(=O)N1CCc2c(ncnc2NCC(O)C23CC4CC(CC(C4)C2)C3)C1. The minimum absolute atomic E-state index is 0.0402. The molecule has 5 aliphatic rings. The Morgan fingerprint density at radius 3 is 2.41 bits per heavy atom. The number of aliphatic hydroxyl groups is 2. The fourth-order valence-corrected chi connectivity index (χ4v) is 7.55. The summed E-state index contributed by atoms with van der Waals surface area (Å²) in [6.45, 7) is 5.81. The van der Waals surface area contributed by atoms with Gasteiger partial charge in [-0.3, -0.25) is 4.79 Å². The first-order chi connectivity index (χ1) is 17.5.